The van der Waals surface area contributed by atoms with E-state index in [1.54, 1.807) is 20.8 Å². The van der Waals surface area contributed by atoms with Gasteiger partial charge in [-0.1, -0.05) is 30.3 Å². The molecule has 3 N–H and O–H groups in total. The van der Waals surface area contributed by atoms with E-state index >= 15 is 0 Å². The largest absolute Gasteiger partial charge is 0.480 e. The van der Waals surface area contributed by atoms with Crippen molar-refractivity contribution in [3.63, 3.8) is 0 Å². The SMILES string of the molecule is C[C@@H](NC(=O)[C@@H](Cc1ccccc1)NC(=O)OC(C)(C)C)C(=O)O. The lowest BCUT2D eigenvalue weighted by atomic mass is 10.1. The average Bonchev–Trinajstić information content (AvgIpc) is 2.45. The predicted octanol–water partition coefficient (Wildman–Crippen LogP) is 1.71. The van der Waals surface area contributed by atoms with Gasteiger partial charge in [0.05, 0.1) is 0 Å². The highest BCUT2D eigenvalue weighted by molar-refractivity contribution is 5.89. The number of benzene rings is 1. The second-order valence-electron chi connectivity index (χ2n) is 6.46. The minimum absolute atomic E-state index is 0.220. The average molecular weight is 336 g/mol. The summed E-state index contributed by atoms with van der Waals surface area (Å²) >= 11 is 0. The molecule has 2 atom stereocenters. The van der Waals surface area contributed by atoms with E-state index in [0.29, 0.717) is 0 Å². The Labute approximate surface area is 141 Å². The van der Waals surface area contributed by atoms with Crippen molar-refractivity contribution in [2.24, 2.45) is 0 Å². The van der Waals surface area contributed by atoms with Crippen LogP contribution in [0.15, 0.2) is 30.3 Å². The smallest absolute Gasteiger partial charge is 0.408 e. The Bertz CT molecular complexity index is 580. The molecule has 132 valence electrons. The zero-order chi connectivity index (χ0) is 18.3. The number of carbonyl (C=O) groups excluding carboxylic acids is 2. The van der Waals surface area contributed by atoms with Crippen LogP contribution in [0.3, 0.4) is 0 Å². The highest BCUT2D eigenvalue weighted by Crippen LogP contribution is 2.09. The van der Waals surface area contributed by atoms with Crippen molar-refractivity contribution < 1.29 is 24.2 Å². The van der Waals surface area contributed by atoms with Gasteiger partial charge in [-0.2, -0.15) is 0 Å². The van der Waals surface area contributed by atoms with Gasteiger partial charge in [-0.05, 0) is 33.3 Å². The van der Waals surface area contributed by atoms with Crippen LogP contribution in [-0.4, -0.2) is 40.8 Å². The van der Waals surface area contributed by atoms with Crippen LogP contribution in [0, 0.1) is 0 Å². The summed E-state index contributed by atoms with van der Waals surface area (Å²) in [5.41, 5.74) is 0.128. The van der Waals surface area contributed by atoms with Crippen molar-refractivity contribution in [3.05, 3.63) is 35.9 Å². The third-order valence-electron chi connectivity index (χ3n) is 3.02. The first-order chi connectivity index (χ1) is 11.1. The fraction of sp³-hybridized carbons (Fsp3) is 0.471. The van der Waals surface area contributed by atoms with Crippen LogP contribution in [0.1, 0.15) is 33.3 Å². The van der Waals surface area contributed by atoms with Crippen LogP contribution >= 0.6 is 0 Å². The predicted molar refractivity (Wildman–Crippen MR) is 88.5 cm³/mol. The number of alkyl carbamates (subject to hydrolysis) is 1. The maximum Gasteiger partial charge on any atom is 0.408 e. The van der Waals surface area contributed by atoms with Crippen LogP contribution < -0.4 is 10.6 Å². The molecule has 0 aliphatic carbocycles. The first-order valence-electron chi connectivity index (χ1n) is 7.65. The zero-order valence-corrected chi connectivity index (χ0v) is 14.3. The van der Waals surface area contributed by atoms with E-state index in [9.17, 15) is 14.4 Å². The Kier molecular flexibility index (Phi) is 6.76. The first kappa shape index (κ1) is 19.5. The zero-order valence-electron chi connectivity index (χ0n) is 14.3. The van der Waals surface area contributed by atoms with Crippen molar-refractivity contribution in [2.75, 3.05) is 0 Å². The molecule has 24 heavy (non-hydrogen) atoms. The van der Waals surface area contributed by atoms with Crippen molar-refractivity contribution >= 4 is 18.0 Å². The van der Waals surface area contributed by atoms with Crippen molar-refractivity contribution in [1.82, 2.24) is 10.6 Å². The van der Waals surface area contributed by atoms with Gasteiger partial charge in [-0.15, -0.1) is 0 Å². The monoisotopic (exact) mass is 336 g/mol. The van der Waals surface area contributed by atoms with Gasteiger partial charge >= 0.3 is 12.1 Å². The van der Waals surface area contributed by atoms with Gasteiger partial charge < -0.3 is 20.5 Å². The van der Waals surface area contributed by atoms with E-state index in [1.165, 1.54) is 6.92 Å². The summed E-state index contributed by atoms with van der Waals surface area (Å²) in [7, 11) is 0. The summed E-state index contributed by atoms with van der Waals surface area (Å²) in [6.07, 6.45) is -0.514. The summed E-state index contributed by atoms with van der Waals surface area (Å²) in [6, 6.07) is 7.11. The molecule has 0 heterocycles. The van der Waals surface area contributed by atoms with Crippen LogP contribution in [0.2, 0.25) is 0 Å². The maximum atomic E-state index is 12.3. The lowest BCUT2D eigenvalue weighted by molar-refractivity contribution is -0.141. The summed E-state index contributed by atoms with van der Waals surface area (Å²) < 4.78 is 5.16. The van der Waals surface area contributed by atoms with E-state index < -0.39 is 35.7 Å². The van der Waals surface area contributed by atoms with Crippen molar-refractivity contribution in [3.8, 4) is 0 Å². The van der Waals surface area contributed by atoms with Gasteiger partial charge in [0, 0.05) is 6.42 Å². The molecule has 0 spiro atoms. The van der Waals surface area contributed by atoms with Gasteiger partial charge in [-0.3, -0.25) is 9.59 Å². The molecule has 7 nitrogen and oxygen atoms in total. The van der Waals surface area contributed by atoms with Gasteiger partial charge in [0.2, 0.25) is 5.91 Å². The molecule has 1 aromatic rings. The lowest BCUT2D eigenvalue weighted by Gasteiger charge is -2.24. The Hall–Kier alpha value is -2.57. The molecule has 0 unspecified atom stereocenters. The first-order valence-corrected chi connectivity index (χ1v) is 7.65. The van der Waals surface area contributed by atoms with E-state index in [2.05, 4.69) is 10.6 Å². The molecule has 0 bridgehead atoms. The molecule has 2 amide bonds. The lowest BCUT2D eigenvalue weighted by Crippen LogP contribution is -2.52. The number of hydrogen-bond donors (Lipinski definition) is 3. The topological polar surface area (TPSA) is 105 Å². The Balaban J connectivity index is 2.84. The Morgan fingerprint density at radius 1 is 1.12 bits per heavy atom. The van der Waals surface area contributed by atoms with E-state index in [4.69, 9.17) is 9.84 Å². The third kappa shape index (κ3) is 7.13. The summed E-state index contributed by atoms with van der Waals surface area (Å²) in [6.45, 7) is 6.50. The number of hydrogen-bond acceptors (Lipinski definition) is 4. The van der Waals surface area contributed by atoms with Gasteiger partial charge in [0.25, 0.3) is 0 Å². The molecule has 0 aliphatic heterocycles. The molecular weight excluding hydrogens is 312 g/mol. The molecule has 1 aromatic carbocycles. The van der Waals surface area contributed by atoms with Crippen LogP contribution in [0.4, 0.5) is 4.79 Å². The number of amides is 2. The normalized spacial score (nSPS) is 13.5. The highest BCUT2D eigenvalue weighted by Gasteiger charge is 2.26. The second-order valence-corrected chi connectivity index (χ2v) is 6.46. The van der Waals surface area contributed by atoms with Gasteiger partial charge in [0.15, 0.2) is 0 Å². The number of nitrogens with one attached hydrogen (secondary N) is 2. The second kappa shape index (κ2) is 8.33. The Morgan fingerprint density at radius 2 is 1.71 bits per heavy atom. The number of aliphatic carboxylic acids is 1. The van der Waals surface area contributed by atoms with Crippen LogP contribution in [0.5, 0.6) is 0 Å². The Morgan fingerprint density at radius 3 is 2.21 bits per heavy atom. The van der Waals surface area contributed by atoms with E-state index in [1.807, 2.05) is 30.3 Å². The summed E-state index contributed by atoms with van der Waals surface area (Å²) in [5.74, 6) is -1.74. The molecular formula is C17H24N2O5. The summed E-state index contributed by atoms with van der Waals surface area (Å²) in [4.78, 5) is 35.2. The molecule has 0 saturated heterocycles. The third-order valence-corrected chi connectivity index (χ3v) is 3.02. The molecule has 7 heteroatoms. The summed E-state index contributed by atoms with van der Waals surface area (Å²) in [5, 5.41) is 13.8. The minimum Gasteiger partial charge on any atom is -0.480 e. The van der Waals surface area contributed by atoms with E-state index in [-0.39, 0.29) is 6.42 Å². The molecule has 0 radical (unpaired) electrons. The van der Waals surface area contributed by atoms with Gasteiger partial charge in [-0.25, -0.2) is 4.79 Å². The number of rotatable bonds is 6. The number of carboxylic acids is 1. The van der Waals surface area contributed by atoms with Gasteiger partial charge in [0.1, 0.15) is 17.7 Å². The number of carboxylic acid groups (broad SMARTS) is 1. The molecule has 1 rings (SSSR count). The van der Waals surface area contributed by atoms with Crippen LogP contribution in [-0.2, 0) is 20.7 Å². The van der Waals surface area contributed by atoms with Crippen LogP contribution in [0.25, 0.3) is 0 Å². The van der Waals surface area contributed by atoms with Crippen molar-refractivity contribution in [1.29, 1.82) is 0 Å². The highest BCUT2D eigenvalue weighted by atomic mass is 16.6. The standard InChI is InChI=1S/C17H24N2O5/c1-11(15(21)22)18-14(20)13(10-12-8-6-5-7-9-12)19-16(23)24-17(2,3)4/h5-9,11,13H,10H2,1-4H3,(H,18,20)(H,19,23)(H,21,22)/t11-,13-/m1/s1. The van der Waals surface area contributed by atoms with E-state index in [0.717, 1.165) is 5.56 Å². The number of ether oxygens (including phenoxy) is 1. The molecule has 0 aromatic heterocycles. The fourth-order valence-corrected chi connectivity index (χ4v) is 1.88. The molecule has 0 saturated carbocycles. The maximum absolute atomic E-state index is 12.3. The molecule has 0 fully saturated rings. The molecule has 0 aliphatic rings. The fourth-order valence-electron chi connectivity index (χ4n) is 1.88. The van der Waals surface area contributed by atoms with Crippen molar-refractivity contribution in [2.45, 2.75) is 51.8 Å². The number of carbonyl (C=O) groups is 3. The minimum atomic E-state index is -1.15. The quantitative estimate of drug-likeness (QED) is 0.733.